The fourth-order valence-corrected chi connectivity index (χ4v) is 1.01. The Morgan fingerprint density at radius 2 is 2.33 bits per heavy atom. The number of aromatic nitrogens is 1. The van der Waals surface area contributed by atoms with Crippen LogP contribution in [0.15, 0.2) is 12.3 Å². The van der Waals surface area contributed by atoms with E-state index in [0.717, 1.165) is 0 Å². The van der Waals surface area contributed by atoms with Crippen LogP contribution in [0.4, 0.5) is 0 Å². The van der Waals surface area contributed by atoms with Crippen LogP contribution >= 0.6 is 11.6 Å². The molecule has 0 aromatic carbocycles. The maximum absolute atomic E-state index is 11.2. The van der Waals surface area contributed by atoms with E-state index in [9.17, 15) is 4.79 Å². The molecule has 1 heterocycles. The molecule has 1 N–H and O–H groups in total. The SMILES string of the molecule is CNC(=O)c1nccc(Cl)c1C. The Bertz CT molecular complexity index is 312. The van der Waals surface area contributed by atoms with Gasteiger partial charge in [-0.2, -0.15) is 0 Å². The van der Waals surface area contributed by atoms with Crippen molar-refractivity contribution in [2.45, 2.75) is 6.92 Å². The highest BCUT2D eigenvalue weighted by atomic mass is 35.5. The van der Waals surface area contributed by atoms with Crippen LogP contribution in [0.3, 0.4) is 0 Å². The van der Waals surface area contributed by atoms with Gasteiger partial charge in [-0.3, -0.25) is 9.78 Å². The van der Waals surface area contributed by atoms with Gasteiger partial charge in [-0.25, -0.2) is 0 Å². The van der Waals surface area contributed by atoms with Crippen LogP contribution in [-0.2, 0) is 0 Å². The smallest absolute Gasteiger partial charge is 0.269 e. The summed E-state index contributed by atoms with van der Waals surface area (Å²) in [7, 11) is 1.56. The fraction of sp³-hybridized carbons (Fsp3) is 0.250. The number of carbonyl (C=O) groups is 1. The van der Waals surface area contributed by atoms with E-state index < -0.39 is 0 Å². The van der Waals surface area contributed by atoms with E-state index in [1.54, 1.807) is 20.0 Å². The first-order chi connectivity index (χ1) is 5.66. The van der Waals surface area contributed by atoms with E-state index in [4.69, 9.17) is 11.6 Å². The molecule has 4 heteroatoms. The first-order valence-electron chi connectivity index (χ1n) is 3.50. The van der Waals surface area contributed by atoms with Gasteiger partial charge in [-0.05, 0) is 18.6 Å². The van der Waals surface area contributed by atoms with Crippen molar-refractivity contribution in [3.63, 3.8) is 0 Å². The van der Waals surface area contributed by atoms with Crippen LogP contribution in [0.1, 0.15) is 16.1 Å². The van der Waals surface area contributed by atoms with Crippen molar-refractivity contribution in [2.24, 2.45) is 0 Å². The second-order valence-electron chi connectivity index (χ2n) is 2.35. The summed E-state index contributed by atoms with van der Waals surface area (Å²) >= 11 is 5.79. The zero-order valence-corrected chi connectivity index (χ0v) is 7.64. The molecule has 0 spiro atoms. The topological polar surface area (TPSA) is 42.0 Å². The lowest BCUT2D eigenvalue weighted by molar-refractivity contribution is 0.0957. The number of rotatable bonds is 1. The van der Waals surface area contributed by atoms with Gasteiger partial charge in [0.15, 0.2) is 0 Å². The molecule has 1 amide bonds. The van der Waals surface area contributed by atoms with Gasteiger partial charge >= 0.3 is 0 Å². The number of amides is 1. The number of nitrogens with zero attached hydrogens (tertiary/aromatic N) is 1. The molecule has 3 nitrogen and oxygen atoms in total. The predicted molar refractivity (Wildman–Crippen MR) is 47.4 cm³/mol. The Morgan fingerprint density at radius 1 is 1.67 bits per heavy atom. The van der Waals surface area contributed by atoms with E-state index in [1.165, 1.54) is 6.20 Å². The summed E-state index contributed by atoms with van der Waals surface area (Å²) in [6.45, 7) is 1.76. The molecule has 64 valence electrons. The Hall–Kier alpha value is -1.09. The average molecular weight is 185 g/mol. The molecule has 0 saturated carbocycles. The van der Waals surface area contributed by atoms with Crippen molar-refractivity contribution in [1.29, 1.82) is 0 Å². The second kappa shape index (κ2) is 3.54. The Balaban J connectivity index is 3.16. The second-order valence-corrected chi connectivity index (χ2v) is 2.75. The zero-order valence-electron chi connectivity index (χ0n) is 6.89. The minimum atomic E-state index is -0.213. The van der Waals surface area contributed by atoms with Gasteiger partial charge in [-0.15, -0.1) is 0 Å². The molecule has 0 fully saturated rings. The van der Waals surface area contributed by atoms with E-state index in [1.807, 2.05) is 0 Å². The molecule has 1 aromatic rings. The zero-order chi connectivity index (χ0) is 9.14. The maximum atomic E-state index is 11.2. The van der Waals surface area contributed by atoms with E-state index in [2.05, 4.69) is 10.3 Å². The van der Waals surface area contributed by atoms with Crippen LogP contribution in [0.2, 0.25) is 5.02 Å². The maximum Gasteiger partial charge on any atom is 0.269 e. The number of hydrogen-bond donors (Lipinski definition) is 1. The molecule has 0 bridgehead atoms. The van der Waals surface area contributed by atoms with Gasteiger partial charge in [0.05, 0.1) is 0 Å². The summed E-state index contributed by atoms with van der Waals surface area (Å²) in [5.74, 6) is -0.213. The minimum Gasteiger partial charge on any atom is -0.354 e. The fourth-order valence-electron chi connectivity index (χ4n) is 0.860. The Morgan fingerprint density at radius 3 is 2.92 bits per heavy atom. The van der Waals surface area contributed by atoms with Crippen molar-refractivity contribution < 1.29 is 4.79 Å². The lowest BCUT2D eigenvalue weighted by Gasteiger charge is -2.03. The van der Waals surface area contributed by atoms with Gasteiger partial charge in [0.2, 0.25) is 0 Å². The van der Waals surface area contributed by atoms with Gasteiger partial charge < -0.3 is 5.32 Å². The molecule has 0 unspecified atom stereocenters. The van der Waals surface area contributed by atoms with E-state index in [0.29, 0.717) is 16.3 Å². The highest BCUT2D eigenvalue weighted by molar-refractivity contribution is 6.31. The molecular formula is C8H9ClN2O. The Labute approximate surface area is 75.8 Å². The predicted octanol–water partition coefficient (Wildman–Crippen LogP) is 1.40. The van der Waals surface area contributed by atoms with Crippen molar-refractivity contribution in [2.75, 3.05) is 7.05 Å². The summed E-state index contributed by atoms with van der Waals surface area (Å²) in [6.07, 6.45) is 1.51. The third kappa shape index (κ3) is 1.56. The number of halogens is 1. The molecule has 1 rings (SSSR count). The third-order valence-electron chi connectivity index (χ3n) is 1.58. The lowest BCUT2D eigenvalue weighted by atomic mass is 10.2. The molecule has 0 aliphatic rings. The van der Waals surface area contributed by atoms with Crippen LogP contribution < -0.4 is 5.32 Å². The molecule has 0 atom stereocenters. The summed E-state index contributed by atoms with van der Waals surface area (Å²) in [6, 6.07) is 1.66. The summed E-state index contributed by atoms with van der Waals surface area (Å²) in [5, 5.41) is 3.05. The highest BCUT2D eigenvalue weighted by Crippen LogP contribution is 2.15. The molecule has 12 heavy (non-hydrogen) atoms. The summed E-state index contributed by atoms with van der Waals surface area (Å²) in [5.41, 5.74) is 1.09. The molecule has 0 aliphatic carbocycles. The summed E-state index contributed by atoms with van der Waals surface area (Å²) < 4.78 is 0. The Kier molecular flexibility index (Phi) is 2.65. The monoisotopic (exact) mass is 184 g/mol. The first kappa shape index (κ1) is 9.00. The number of pyridine rings is 1. The number of hydrogen-bond acceptors (Lipinski definition) is 2. The van der Waals surface area contributed by atoms with Gasteiger partial charge in [0, 0.05) is 18.3 Å². The minimum absolute atomic E-state index is 0.213. The van der Waals surface area contributed by atoms with E-state index >= 15 is 0 Å². The van der Waals surface area contributed by atoms with Crippen LogP contribution in [0.5, 0.6) is 0 Å². The average Bonchev–Trinajstić information content (AvgIpc) is 2.08. The normalized spacial score (nSPS) is 9.58. The molecule has 1 aromatic heterocycles. The van der Waals surface area contributed by atoms with Crippen molar-refractivity contribution in [1.82, 2.24) is 10.3 Å². The molecular weight excluding hydrogens is 176 g/mol. The molecule has 0 saturated heterocycles. The van der Waals surface area contributed by atoms with E-state index in [-0.39, 0.29) is 5.91 Å². The molecule has 0 radical (unpaired) electrons. The van der Waals surface area contributed by atoms with Crippen LogP contribution in [0, 0.1) is 6.92 Å². The van der Waals surface area contributed by atoms with Gasteiger partial charge in [0.25, 0.3) is 5.91 Å². The lowest BCUT2D eigenvalue weighted by Crippen LogP contribution is -2.20. The third-order valence-corrected chi connectivity index (χ3v) is 1.99. The standard InChI is InChI=1S/C8H9ClN2O/c1-5-6(9)3-4-11-7(5)8(12)10-2/h3-4H,1-2H3,(H,10,12). The summed E-state index contributed by atoms with van der Waals surface area (Å²) in [4.78, 5) is 15.1. The van der Waals surface area contributed by atoms with Crippen molar-refractivity contribution in [3.8, 4) is 0 Å². The highest BCUT2D eigenvalue weighted by Gasteiger charge is 2.09. The van der Waals surface area contributed by atoms with Crippen LogP contribution in [0.25, 0.3) is 0 Å². The largest absolute Gasteiger partial charge is 0.354 e. The molecule has 0 aliphatic heterocycles. The quantitative estimate of drug-likeness (QED) is 0.717. The van der Waals surface area contributed by atoms with Crippen molar-refractivity contribution >= 4 is 17.5 Å². The van der Waals surface area contributed by atoms with Gasteiger partial charge in [0.1, 0.15) is 5.69 Å². The van der Waals surface area contributed by atoms with Crippen molar-refractivity contribution in [3.05, 3.63) is 28.5 Å². The van der Waals surface area contributed by atoms with Gasteiger partial charge in [-0.1, -0.05) is 11.6 Å². The number of nitrogens with one attached hydrogen (secondary N) is 1. The first-order valence-corrected chi connectivity index (χ1v) is 3.87. The number of carbonyl (C=O) groups excluding carboxylic acids is 1. The van der Waals surface area contributed by atoms with Crippen LogP contribution in [-0.4, -0.2) is 17.9 Å².